The maximum atomic E-state index is 6.86. The average molecular weight is 1040 g/mol. The van der Waals surface area contributed by atoms with Gasteiger partial charge in [-0.1, -0.05) is 144 Å². The van der Waals surface area contributed by atoms with E-state index in [4.69, 9.17) is 9.40 Å². The minimum atomic E-state index is 0. The van der Waals surface area contributed by atoms with Gasteiger partial charge in [-0.2, -0.15) is 0 Å². The van der Waals surface area contributed by atoms with Crippen LogP contribution in [0, 0.1) is 19.1 Å². The fourth-order valence-electron chi connectivity index (χ4n) is 9.30. The molecule has 0 saturated carbocycles. The molecule has 8 aromatic carbocycles. The third-order valence-corrected chi connectivity index (χ3v) is 12.8. The summed E-state index contributed by atoms with van der Waals surface area (Å²) >= 11 is 0. The van der Waals surface area contributed by atoms with Crippen LogP contribution >= 0.6 is 0 Å². The Morgan fingerprint density at radius 3 is 2.06 bits per heavy atom. The number of hydrogen-bond acceptors (Lipinski definition) is 3. The van der Waals surface area contributed by atoms with Crippen LogP contribution < -0.4 is 0 Å². The maximum absolute atomic E-state index is 6.86. The van der Waals surface area contributed by atoms with E-state index in [-0.39, 0.29) is 37.4 Å². The van der Waals surface area contributed by atoms with Crippen molar-refractivity contribution in [2.24, 2.45) is 0 Å². The standard InChI is InChI=1S/C46H37N2O.C15H16N.Ir/c1-27(2)37-24-33(30-14-7-6-8-15-30)25-38(28(3)4)44(37)48-43-29(5)13-11-20-41(43)47-46(48)36-19-12-18-35-40-23-32-22-21-31-16-9-10-17-34(31)39(32)26-42(40)49-45(35)36;1-15(2,3)13-9-10-16-14(11-13)12-7-5-4-6-8-12;/h6-18,20-28H,1-5H3;4-7,9-11H,1-3H3;/q2*-1;. The Bertz CT molecular complexity index is 3510. The van der Waals surface area contributed by atoms with Gasteiger partial charge in [0.25, 0.3) is 0 Å². The second kappa shape index (κ2) is 18.0. The Morgan fingerprint density at radius 1 is 0.606 bits per heavy atom. The number of fused-ring (bicyclic) bond motifs is 7. The van der Waals surface area contributed by atoms with E-state index >= 15 is 0 Å². The van der Waals surface area contributed by atoms with E-state index in [0.717, 1.165) is 55.6 Å². The third-order valence-electron chi connectivity index (χ3n) is 12.8. The van der Waals surface area contributed by atoms with E-state index in [1.54, 1.807) is 0 Å². The monoisotopic (exact) mass is 1040 g/mol. The number of imidazole rings is 1. The van der Waals surface area contributed by atoms with Gasteiger partial charge in [0.2, 0.25) is 0 Å². The molecule has 0 atom stereocenters. The second-order valence-corrected chi connectivity index (χ2v) is 18.9. The van der Waals surface area contributed by atoms with E-state index in [2.05, 4.69) is 204 Å². The van der Waals surface area contributed by atoms with Crippen molar-refractivity contribution in [3.63, 3.8) is 0 Å². The zero-order chi connectivity index (χ0) is 45.0. The van der Waals surface area contributed by atoms with Gasteiger partial charge < -0.3 is 14.0 Å². The van der Waals surface area contributed by atoms with Gasteiger partial charge in [0.1, 0.15) is 5.58 Å². The van der Waals surface area contributed by atoms with Gasteiger partial charge in [0.05, 0.1) is 22.4 Å². The van der Waals surface area contributed by atoms with E-state index in [1.807, 2.05) is 36.5 Å². The van der Waals surface area contributed by atoms with Gasteiger partial charge in [-0.05, 0) is 121 Å². The van der Waals surface area contributed by atoms with E-state index in [1.165, 1.54) is 60.6 Å². The molecule has 0 amide bonds. The van der Waals surface area contributed by atoms with E-state index < -0.39 is 0 Å². The molecule has 0 spiro atoms. The Labute approximate surface area is 401 Å². The minimum absolute atomic E-state index is 0. The molecule has 5 heteroatoms. The number of benzene rings is 8. The van der Waals surface area contributed by atoms with Gasteiger partial charge in [-0.25, -0.2) is 0 Å². The van der Waals surface area contributed by atoms with Gasteiger partial charge in [0, 0.05) is 37.4 Å². The Morgan fingerprint density at radius 2 is 1.33 bits per heavy atom. The summed E-state index contributed by atoms with van der Waals surface area (Å²) in [5, 5.41) is 7.02. The number of aryl methyl sites for hydroxylation is 1. The average Bonchev–Trinajstić information content (AvgIpc) is 3.90. The van der Waals surface area contributed by atoms with Crippen molar-refractivity contribution in [1.29, 1.82) is 0 Å². The summed E-state index contributed by atoms with van der Waals surface area (Å²) in [6, 6.07) is 62.5. The number of rotatable bonds is 6. The van der Waals surface area contributed by atoms with Crippen LogP contribution in [0.25, 0.3) is 94.0 Å². The number of furan rings is 1. The Kier molecular flexibility index (Phi) is 12.1. The fourth-order valence-corrected chi connectivity index (χ4v) is 9.30. The zero-order valence-electron chi connectivity index (χ0n) is 38.8. The number of aromatic nitrogens is 3. The third kappa shape index (κ3) is 8.16. The molecule has 3 aromatic heterocycles. The van der Waals surface area contributed by atoms with Gasteiger partial charge >= 0.3 is 0 Å². The molecule has 1 radical (unpaired) electrons. The molecule has 0 aliphatic rings. The van der Waals surface area contributed by atoms with Crippen molar-refractivity contribution in [3.8, 4) is 39.5 Å². The summed E-state index contributed by atoms with van der Waals surface area (Å²) in [4.78, 5) is 9.78. The van der Waals surface area contributed by atoms with Crippen LogP contribution in [0.4, 0.5) is 0 Å². The van der Waals surface area contributed by atoms with Crippen LogP contribution in [0.2, 0.25) is 0 Å². The Hall–Kier alpha value is -6.65. The molecule has 0 fully saturated rings. The molecule has 3 heterocycles. The molecule has 66 heavy (non-hydrogen) atoms. The normalized spacial score (nSPS) is 11.8. The Balaban J connectivity index is 0.000000273. The first kappa shape index (κ1) is 44.5. The van der Waals surface area contributed by atoms with Crippen LogP contribution in [0.15, 0.2) is 168 Å². The number of hydrogen-bond donors (Lipinski definition) is 0. The fraction of sp³-hybridized carbons (Fsp3) is 0.180. The maximum Gasteiger partial charge on any atom is 0.121 e. The van der Waals surface area contributed by atoms with Crippen molar-refractivity contribution in [3.05, 3.63) is 198 Å². The molecule has 0 aliphatic carbocycles. The molecule has 329 valence electrons. The number of pyridine rings is 1. The second-order valence-electron chi connectivity index (χ2n) is 18.9. The van der Waals surface area contributed by atoms with Gasteiger partial charge in [0.15, 0.2) is 0 Å². The van der Waals surface area contributed by atoms with Crippen molar-refractivity contribution >= 4 is 54.5 Å². The van der Waals surface area contributed by atoms with Crippen LogP contribution in [0.1, 0.15) is 82.6 Å². The predicted molar refractivity (Wildman–Crippen MR) is 273 cm³/mol. The van der Waals surface area contributed by atoms with Crippen molar-refractivity contribution in [1.82, 2.24) is 14.5 Å². The summed E-state index contributed by atoms with van der Waals surface area (Å²) in [6.45, 7) is 18.0. The zero-order valence-corrected chi connectivity index (χ0v) is 41.2. The SMILES string of the molecule is CC(C)(C)c1ccnc(-c2[c-]cccc2)c1.Cc1cccc2nc(-c3[c-]ccc4c3oc3cc5c(ccc6ccccc65)cc34)n(-c3c(C(C)C)cc(-c4ccccc4)cc3C(C)C)c12.[Ir]. The van der Waals surface area contributed by atoms with E-state index in [9.17, 15) is 0 Å². The minimum Gasteiger partial charge on any atom is -0.501 e. The van der Waals surface area contributed by atoms with Crippen molar-refractivity contribution in [2.75, 3.05) is 0 Å². The topological polar surface area (TPSA) is 43.9 Å². The quantitative estimate of drug-likeness (QED) is 0.123. The first-order valence-corrected chi connectivity index (χ1v) is 22.8. The molecule has 0 aliphatic heterocycles. The first-order valence-electron chi connectivity index (χ1n) is 22.8. The molecule has 11 aromatic rings. The molecule has 0 unspecified atom stereocenters. The number of para-hydroxylation sites is 1. The van der Waals surface area contributed by atoms with Gasteiger partial charge in [-0.15, -0.1) is 54.1 Å². The van der Waals surface area contributed by atoms with Crippen LogP contribution in [0.3, 0.4) is 0 Å². The smallest absolute Gasteiger partial charge is 0.121 e. The molecular weight excluding hydrogens is 983 g/mol. The van der Waals surface area contributed by atoms with Crippen LogP contribution in [0.5, 0.6) is 0 Å². The summed E-state index contributed by atoms with van der Waals surface area (Å²) in [5.41, 5.74) is 15.6. The first-order chi connectivity index (χ1) is 31.4. The van der Waals surface area contributed by atoms with Crippen LogP contribution in [-0.2, 0) is 25.5 Å². The van der Waals surface area contributed by atoms with E-state index in [0.29, 0.717) is 0 Å². The van der Waals surface area contributed by atoms with Crippen LogP contribution in [-0.4, -0.2) is 14.5 Å². The molecule has 11 rings (SSSR count). The molecular formula is C61H53IrN3O-2. The number of nitrogens with zero attached hydrogens (tertiary/aromatic N) is 3. The van der Waals surface area contributed by atoms with Gasteiger partial charge in [-0.3, -0.25) is 4.98 Å². The van der Waals surface area contributed by atoms with Crippen molar-refractivity contribution in [2.45, 2.75) is 72.6 Å². The summed E-state index contributed by atoms with van der Waals surface area (Å²) < 4.78 is 9.27. The summed E-state index contributed by atoms with van der Waals surface area (Å²) in [5.74, 6) is 1.40. The largest absolute Gasteiger partial charge is 0.501 e. The molecule has 0 N–H and O–H groups in total. The predicted octanol–water partition coefficient (Wildman–Crippen LogP) is 16.8. The van der Waals surface area contributed by atoms with Crippen molar-refractivity contribution < 1.29 is 24.5 Å². The molecule has 0 bridgehead atoms. The summed E-state index contributed by atoms with van der Waals surface area (Å²) in [7, 11) is 0. The summed E-state index contributed by atoms with van der Waals surface area (Å²) in [6.07, 6.45) is 1.87. The molecule has 4 nitrogen and oxygen atoms in total. The molecule has 0 saturated heterocycles.